The molecule has 132 valence electrons. The van der Waals surface area contributed by atoms with Gasteiger partial charge in [0.25, 0.3) is 5.91 Å². The summed E-state index contributed by atoms with van der Waals surface area (Å²) in [5.41, 5.74) is 0.684. The van der Waals surface area contributed by atoms with Gasteiger partial charge < -0.3 is 9.64 Å². The minimum atomic E-state index is -3.09. The Hall–Kier alpha value is -2.40. The molecule has 1 saturated heterocycles. The largest absolute Gasteiger partial charge is 0.452 e. The summed E-state index contributed by atoms with van der Waals surface area (Å²) in [6.45, 7) is -0.411. The fraction of sp³-hybridized carbons (Fsp3) is 0.471. The molecule has 1 atom stereocenters. The maximum Gasteiger partial charge on any atom is 0.338 e. The molecule has 8 heteroatoms. The lowest BCUT2D eigenvalue weighted by atomic mass is 10.1. The first-order chi connectivity index (χ1) is 11.9. The van der Waals surface area contributed by atoms with E-state index in [1.165, 1.54) is 24.3 Å². The van der Waals surface area contributed by atoms with Crippen molar-refractivity contribution in [3.63, 3.8) is 0 Å². The van der Waals surface area contributed by atoms with Crippen LogP contribution in [0.4, 0.5) is 0 Å². The van der Waals surface area contributed by atoms with E-state index in [2.05, 4.69) is 0 Å². The molecule has 0 radical (unpaired) electrons. The van der Waals surface area contributed by atoms with Gasteiger partial charge in [0.15, 0.2) is 16.4 Å². The number of carbonyl (C=O) groups is 2. The lowest BCUT2D eigenvalue weighted by Crippen LogP contribution is -2.44. The smallest absolute Gasteiger partial charge is 0.338 e. The van der Waals surface area contributed by atoms with Crippen molar-refractivity contribution in [1.82, 2.24) is 4.90 Å². The number of nitriles is 1. The van der Waals surface area contributed by atoms with Gasteiger partial charge in [-0.1, -0.05) is 0 Å². The second-order valence-electron chi connectivity index (χ2n) is 6.35. The highest BCUT2D eigenvalue weighted by Gasteiger charge is 2.42. The summed E-state index contributed by atoms with van der Waals surface area (Å²) in [5.74, 6) is -0.919. The van der Waals surface area contributed by atoms with Crippen LogP contribution in [0.5, 0.6) is 0 Å². The molecule has 0 unspecified atom stereocenters. The molecule has 2 fully saturated rings. The Balaban J connectivity index is 1.60. The first-order valence-corrected chi connectivity index (χ1v) is 9.90. The van der Waals surface area contributed by atoms with Gasteiger partial charge in [0.05, 0.1) is 28.7 Å². The molecule has 2 aliphatic rings. The number of esters is 1. The molecular formula is C17H18N2O5S. The van der Waals surface area contributed by atoms with Gasteiger partial charge in [-0.3, -0.25) is 4.79 Å². The minimum Gasteiger partial charge on any atom is -0.452 e. The van der Waals surface area contributed by atoms with E-state index >= 15 is 0 Å². The SMILES string of the molecule is N#Cc1ccc(C(=O)OCC(=O)N(C2CC2)[C@@H]2CCS(=O)(=O)C2)cc1. The van der Waals surface area contributed by atoms with Crippen LogP contribution in [-0.4, -0.2) is 55.4 Å². The molecule has 1 aromatic rings. The summed E-state index contributed by atoms with van der Waals surface area (Å²) in [5, 5.41) is 8.74. The average Bonchev–Trinajstić information content (AvgIpc) is 3.36. The van der Waals surface area contributed by atoms with E-state index in [1.54, 1.807) is 4.90 Å². The van der Waals surface area contributed by atoms with E-state index in [-0.39, 0.29) is 35.1 Å². The second kappa shape index (κ2) is 6.84. The molecule has 25 heavy (non-hydrogen) atoms. The third kappa shape index (κ3) is 4.17. The van der Waals surface area contributed by atoms with Crippen LogP contribution in [0.3, 0.4) is 0 Å². The number of hydrogen-bond donors (Lipinski definition) is 0. The van der Waals surface area contributed by atoms with Gasteiger partial charge in [-0.25, -0.2) is 13.2 Å². The molecule has 0 bridgehead atoms. The zero-order chi connectivity index (χ0) is 18.0. The highest BCUT2D eigenvalue weighted by atomic mass is 32.2. The van der Waals surface area contributed by atoms with Gasteiger partial charge >= 0.3 is 5.97 Å². The molecule has 1 aromatic carbocycles. The molecular weight excluding hydrogens is 344 g/mol. The fourth-order valence-corrected chi connectivity index (χ4v) is 4.73. The van der Waals surface area contributed by atoms with Crippen molar-refractivity contribution in [2.45, 2.75) is 31.3 Å². The Labute approximate surface area is 146 Å². The van der Waals surface area contributed by atoms with E-state index in [9.17, 15) is 18.0 Å². The topological polar surface area (TPSA) is 105 Å². The molecule has 7 nitrogen and oxygen atoms in total. The average molecular weight is 362 g/mol. The molecule has 1 amide bonds. The Morgan fingerprint density at radius 2 is 1.84 bits per heavy atom. The maximum absolute atomic E-state index is 12.5. The highest BCUT2D eigenvalue weighted by Crippen LogP contribution is 2.32. The van der Waals surface area contributed by atoms with Gasteiger partial charge in [-0.15, -0.1) is 0 Å². The predicted octanol–water partition coefficient (Wildman–Crippen LogP) is 0.893. The van der Waals surface area contributed by atoms with Crippen molar-refractivity contribution in [3.8, 4) is 6.07 Å². The zero-order valence-corrected chi connectivity index (χ0v) is 14.4. The Morgan fingerprint density at radius 1 is 1.16 bits per heavy atom. The molecule has 1 heterocycles. The summed E-state index contributed by atoms with van der Waals surface area (Å²) < 4.78 is 28.4. The molecule has 3 rings (SSSR count). The van der Waals surface area contributed by atoms with Crippen LogP contribution < -0.4 is 0 Å². The number of hydrogen-bond acceptors (Lipinski definition) is 6. The van der Waals surface area contributed by atoms with E-state index in [1.807, 2.05) is 6.07 Å². The molecule has 0 spiro atoms. The van der Waals surface area contributed by atoms with Crippen LogP contribution in [0.2, 0.25) is 0 Å². The number of nitrogens with zero attached hydrogens (tertiary/aromatic N) is 2. The van der Waals surface area contributed by atoms with Gasteiger partial charge in [0.1, 0.15) is 0 Å². The molecule has 1 aliphatic heterocycles. The first-order valence-electron chi connectivity index (χ1n) is 8.08. The van der Waals surface area contributed by atoms with Gasteiger partial charge in [-0.2, -0.15) is 5.26 Å². The highest BCUT2D eigenvalue weighted by molar-refractivity contribution is 7.91. The summed E-state index contributed by atoms with van der Waals surface area (Å²) in [4.78, 5) is 26.1. The van der Waals surface area contributed by atoms with Crippen LogP contribution in [-0.2, 0) is 19.4 Å². The molecule has 0 aromatic heterocycles. The van der Waals surface area contributed by atoms with Crippen LogP contribution in [0.1, 0.15) is 35.2 Å². The van der Waals surface area contributed by atoms with E-state index in [0.717, 1.165) is 12.8 Å². The standard InChI is InChI=1S/C17H18N2O5S/c18-9-12-1-3-13(4-2-12)17(21)24-10-16(20)19(14-5-6-14)15-7-8-25(22,23)11-15/h1-4,14-15H,5-8,10-11H2/t15-/m1/s1. The molecule has 1 saturated carbocycles. The summed E-state index contributed by atoms with van der Waals surface area (Å²) >= 11 is 0. The van der Waals surface area contributed by atoms with Crippen molar-refractivity contribution >= 4 is 21.7 Å². The first kappa shape index (κ1) is 17.4. The Morgan fingerprint density at radius 3 is 2.36 bits per heavy atom. The summed E-state index contributed by atoms with van der Waals surface area (Å²) in [7, 11) is -3.09. The quantitative estimate of drug-likeness (QED) is 0.721. The van der Waals surface area contributed by atoms with E-state index in [4.69, 9.17) is 10.00 Å². The van der Waals surface area contributed by atoms with Crippen molar-refractivity contribution in [3.05, 3.63) is 35.4 Å². The monoisotopic (exact) mass is 362 g/mol. The lowest BCUT2D eigenvalue weighted by molar-refractivity contribution is -0.137. The molecule has 0 N–H and O–H groups in total. The van der Waals surface area contributed by atoms with Crippen LogP contribution in [0.15, 0.2) is 24.3 Å². The maximum atomic E-state index is 12.5. The van der Waals surface area contributed by atoms with Crippen molar-refractivity contribution < 1.29 is 22.7 Å². The van der Waals surface area contributed by atoms with Gasteiger partial charge in [0, 0.05) is 12.1 Å². The predicted molar refractivity (Wildman–Crippen MR) is 88.4 cm³/mol. The number of sulfone groups is 1. The summed E-state index contributed by atoms with van der Waals surface area (Å²) in [6.07, 6.45) is 2.14. The zero-order valence-electron chi connectivity index (χ0n) is 13.6. The van der Waals surface area contributed by atoms with Crippen LogP contribution >= 0.6 is 0 Å². The van der Waals surface area contributed by atoms with Crippen LogP contribution in [0, 0.1) is 11.3 Å². The van der Waals surface area contributed by atoms with E-state index in [0.29, 0.717) is 12.0 Å². The summed E-state index contributed by atoms with van der Waals surface area (Å²) in [6, 6.07) is 7.62. The van der Waals surface area contributed by atoms with Crippen LogP contribution in [0.25, 0.3) is 0 Å². The number of benzene rings is 1. The fourth-order valence-electron chi connectivity index (χ4n) is 3.02. The number of amides is 1. The minimum absolute atomic E-state index is 0.0151. The number of carbonyl (C=O) groups excluding carboxylic acids is 2. The number of rotatable bonds is 5. The van der Waals surface area contributed by atoms with Crippen molar-refractivity contribution in [2.75, 3.05) is 18.1 Å². The normalized spacial score (nSPS) is 21.3. The second-order valence-corrected chi connectivity index (χ2v) is 8.58. The van der Waals surface area contributed by atoms with Gasteiger partial charge in [0.2, 0.25) is 0 Å². The third-order valence-corrected chi connectivity index (χ3v) is 6.16. The van der Waals surface area contributed by atoms with E-state index < -0.39 is 22.4 Å². The van der Waals surface area contributed by atoms with Crippen molar-refractivity contribution in [1.29, 1.82) is 5.26 Å². The lowest BCUT2D eigenvalue weighted by Gasteiger charge is -2.28. The molecule has 1 aliphatic carbocycles. The number of ether oxygens (including phenoxy) is 1. The Kier molecular flexibility index (Phi) is 4.77. The Bertz CT molecular complexity index is 822. The third-order valence-electron chi connectivity index (χ3n) is 4.41. The van der Waals surface area contributed by atoms with Gasteiger partial charge in [-0.05, 0) is 43.5 Å². The van der Waals surface area contributed by atoms with Crippen molar-refractivity contribution in [2.24, 2.45) is 0 Å².